The van der Waals surface area contributed by atoms with Gasteiger partial charge in [0, 0.05) is 26.2 Å². The molecule has 2 unspecified atom stereocenters. The Bertz CT molecular complexity index is 1380. The minimum atomic E-state index is -0.390. The number of nitrogens with zero attached hydrogens (tertiary/aromatic N) is 3. The van der Waals surface area contributed by atoms with Gasteiger partial charge in [-0.3, -0.25) is 0 Å². The lowest BCUT2D eigenvalue weighted by Gasteiger charge is -2.39. The van der Waals surface area contributed by atoms with E-state index < -0.39 is 6.10 Å². The van der Waals surface area contributed by atoms with Crippen LogP contribution in [0.2, 0.25) is 15.1 Å². The van der Waals surface area contributed by atoms with E-state index in [2.05, 4.69) is 15.4 Å². The molecule has 32 heavy (non-hydrogen) atoms. The summed E-state index contributed by atoms with van der Waals surface area (Å²) in [6.45, 7) is 0. The molecular weight excluding hydrogens is 467 g/mol. The second kappa shape index (κ2) is 7.55. The summed E-state index contributed by atoms with van der Waals surface area (Å²) in [7, 11) is 0. The van der Waals surface area contributed by atoms with Crippen LogP contribution in [-0.2, 0) is 0 Å². The zero-order valence-corrected chi connectivity index (χ0v) is 18.7. The van der Waals surface area contributed by atoms with Gasteiger partial charge in [0.15, 0.2) is 0 Å². The summed E-state index contributed by atoms with van der Waals surface area (Å²) in [6.07, 6.45) is 1.14. The van der Waals surface area contributed by atoms with Crippen molar-refractivity contribution in [3.05, 3.63) is 110 Å². The first-order chi connectivity index (χ1) is 15.6. The van der Waals surface area contributed by atoms with Gasteiger partial charge in [-0.15, -0.1) is 0 Å². The van der Waals surface area contributed by atoms with Crippen molar-refractivity contribution in [3.8, 4) is 5.75 Å². The Labute approximate surface area is 199 Å². The molecule has 0 saturated heterocycles. The summed E-state index contributed by atoms with van der Waals surface area (Å²) in [5.74, 6) is 1.42. The molecule has 1 aromatic heterocycles. The highest BCUT2D eigenvalue weighted by Crippen LogP contribution is 2.51. The van der Waals surface area contributed by atoms with E-state index in [1.54, 1.807) is 6.07 Å². The van der Waals surface area contributed by atoms with E-state index in [0.29, 0.717) is 21.0 Å². The van der Waals surface area contributed by atoms with Gasteiger partial charge in [0.25, 0.3) is 0 Å². The van der Waals surface area contributed by atoms with Crippen LogP contribution in [0.5, 0.6) is 5.75 Å². The number of aromatic nitrogens is 3. The number of nitrogens with one attached hydrogen (secondary N) is 1. The number of benzene rings is 3. The maximum Gasteiger partial charge on any atom is 0.226 e. The third kappa shape index (κ3) is 3.08. The van der Waals surface area contributed by atoms with Crippen molar-refractivity contribution >= 4 is 46.4 Å². The van der Waals surface area contributed by atoms with E-state index in [1.807, 2.05) is 65.3 Å². The summed E-state index contributed by atoms with van der Waals surface area (Å²) in [6, 6.07) is 20.8. The van der Waals surface area contributed by atoms with Gasteiger partial charge in [-0.05, 0) is 47.5 Å². The third-order valence-corrected chi connectivity index (χ3v) is 6.57. The SMILES string of the molecule is Clc1ccc(C2Oc3ccccc3C3=C2C(c2ccc(Cl)cc2Cl)n2ncnc2N3)cc1. The number of rotatable bonds is 2. The van der Waals surface area contributed by atoms with Gasteiger partial charge in [-0.25, -0.2) is 4.68 Å². The van der Waals surface area contributed by atoms with E-state index >= 15 is 0 Å². The molecule has 2 aliphatic heterocycles. The number of para-hydroxylation sites is 1. The molecule has 5 nitrogen and oxygen atoms in total. The lowest BCUT2D eigenvalue weighted by molar-refractivity contribution is 0.223. The number of fused-ring (bicyclic) bond motifs is 3. The van der Waals surface area contributed by atoms with Crippen molar-refractivity contribution in [2.24, 2.45) is 0 Å². The largest absolute Gasteiger partial charge is 0.480 e. The molecule has 4 aromatic rings. The smallest absolute Gasteiger partial charge is 0.226 e. The molecule has 0 amide bonds. The number of anilines is 1. The molecule has 3 aromatic carbocycles. The van der Waals surface area contributed by atoms with Gasteiger partial charge >= 0.3 is 0 Å². The normalized spacial score (nSPS) is 18.8. The molecule has 0 saturated carbocycles. The molecule has 2 aliphatic rings. The lowest BCUT2D eigenvalue weighted by atomic mass is 9.84. The molecule has 0 bridgehead atoms. The topological polar surface area (TPSA) is 52.0 Å². The number of ether oxygens (including phenoxy) is 1. The molecule has 2 atom stereocenters. The van der Waals surface area contributed by atoms with E-state index in [0.717, 1.165) is 33.7 Å². The van der Waals surface area contributed by atoms with Gasteiger partial charge < -0.3 is 10.1 Å². The average Bonchev–Trinajstić information content (AvgIpc) is 3.27. The Hall–Kier alpha value is -2.99. The maximum atomic E-state index is 6.70. The molecule has 6 rings (SSSR count). The van der Waals surface area contributed by atoms with Crippen LogP contribution in [-0.4, -0.2) is 14.8 Å². The summed E-state index contributed by atoms with van der Waals surface area (Å²) < 4.78 is 8.39. The molecule has 1 N–H and O–H groups in total. The predicted octanol–water partition coefficient (Wildman–Crippen LogP) is 6.80. The molecule has 0 spiro atoms. The molecule has 158 valence electrons. The Kier molecular flexibility index (Phi) is 4.65. The van der Waals surface area contributed by atoms with Crippen molar-refractivity contribution in [3.63, 3.8) is 0 Å². The van der Waals surface area contributed by atoms with Crippen molar-refractivity contribution in [1.82, 2.24) is 14.8 Å². The van der Waals surface area contributed by atoms with Crippen LogP contribution in [0.25, 0.3) is 5.70 Å². The van der Waals surface area contributed by atoms with Crippen molar-refractivity contribution in [2.75, 3.05) is 5.32 Å². The quantitative estimate of drug-likeness (QED) is 0.342. The predicted molar refractivity (Wildman–Crippen MR) is 126 cm³/mol. The van der Waals surface area contributed by atoms with E-state index in [1.165, 1.54) is 6.33 Å². The zero-order valence-electron chi connectivity index (χ0n) is 16.5. The van der Waals surface area contributed by atoms with Gasteiger partial charge in [0.2, 0.25) is 5.95 Å². The summed E-state index contributed by atoms with van der Waals surface area (Å²) >= 11 is 19.1. The van der Waals surface area contributed by atoms with E-state index in [-0.39, 0.29) is 6.04 Å². The molecular formula is C24H15Cl3N4O. The lowest BCUT2D eigenvalue weighted by Crippen LogP contribution is -2.32. The van der Waals surface area contributed by atoms with Crippen molar-refractivity contribution in [2.45, 2.75) is 12.1 Å². The Morgan fingerprint density at radius 3 is 2.50 bits per heavy atom. The van der Waals surface area contributed by atoms with Crippen LogP contribution in [0.1, 0.15) is 28.8 Å². The Balaban J connectivity index is 1.64. The highest BCUT2D eigenvalue weighted by Gasteiger charge is 2.41. The molecule has 3 heterocycles. The first-order valence-electron chi connectivity index (χ1n) is 9.97. The number of hydrogen-bond acceptors (Lipinski definition) is 4. The van der Waals surface area contributed by atoms with Crippen LogP contribution in [0.15, 0.2) is 78.6 Å². The Morgan fingerprint density at radius 2 is 1.69 bits per heavy atom. The fraction of sp³-hybridized carbons (Fsp3) is 0.0833. The molecule has 8 heteroatoms. The highest BCUT2D eigenvalue weighted by atomic mass is 35.5. The number of halogens is 3. The van der Waals surface area contributed by atoms with Crippen LogP contribution in [0.4, 0.5) is 5.95 Å². The first kappa shape index (κ1) is 19.7. The first-order valence-corrected chi connectivity index (χ1v) is 11.1. The van der Waals surface area contributed by atoms with Crippen LogP contribution in [0, 0.1) is 0 Å². The van der Waals surface area contributed by atoms with E-state index in [9.17, 15) is 0 Å². The van der Waals surface area contributed by atoms with Gasteiger partial charge in [0.05, 0.1) is 5.70 Å². The van der Waals surface area contributed by atoms with Crippen LogP contribution in [0.3, 0.4) is 0 Å². The summed E-state index contributed by atoms with van der Waals surface area (Å²) in [5, 5.41) is 9.76. The standard InChI is InChI=1S/C24H15Cl3N4O/c25-14-7-5-13(6-8-14)23-20-21(17-3-1-2-4-19(17)32-23)30-24-28-12-29-31(24)22(20)16-10-9-15(26)11-18(16)27/h1-12,22-23H,(H,28,29,30). The van der Waals surface area contributed by atoms with Crippen LogP contribution >= 0.6 is 34.8 Å². The van der Waals surface area contributed by atoms with Gasteiger partial charge in [0.1, 0.15) is 24.2 Å². The monoisotopic (exact) mass is 480 g/mol. The average molecular weight is 482 g/mol. The zero-order chi connectivity index (χ0) is 21.8. The van der Waals surface area contributed by atoms with Crippen LogP contribution < -0.4 is 10.1 Å². The third-order valence-electron chi connectivity index (χ3n) is 5.75. The van der Waals surface area contributed by atoms with Crippen molar-refractivity contribution < 1.29 is 4.74 Å². The minimum Gasteiger partial charge on any atom is -0.480 e. The van der Waals surface area contributed by atoms with Crippen molar-refractivity contribution in [1.29, 1.82) is 0 Å². The van der Waals surface area contributed by atoms with Gasteiger partial charge in [-0.2, -0.15) is 10.1 Å². The fourth-order valence-corrected chi connectivity index (χ4v) is 4.99. The molecule has 0 fully saturated rings. The molecule has 0 radical (unpaired) electrons. The second-order valence-electron chi connectivity index (χ2n) is 7.60. The summed E-state index contributed by atoms with van der Waals surface area (Å²) in [4.78, 5) is 4.43. The minimum absolute atomic E-state index is 0.345. The Morgan fingerprint density at radius 1 is 0.906 bits per heavy atom. The molecule has 0 aliphatic carbocycles. The van der Waals surface area contributed by atoms with Gasteiger partial charge in [-0.1, -0.05) is 65.1 Å². The van der Waals surface area contributed by atoms with E-state index in [4.69, 9.17) is 39.5 Å². The maximum absolute atomic E-state index is 6.70. The number of hydrogen-bond donors (Lipinski definition) is 1. The second-order valence-corrected chi connectivity index (χ2v) is 8.88. The highest BCUT2D eigenvalue weighted by molar-refractivity contribution is 6.35. The fourth-order valence-electron chi connectivity index (χ4n) is 4.35. The summed E-state index contributed by atoms with van der Waals surface area (Å²) in [5.41, 5.74) is 4.70.